The standard InChI is InChI=1S/C24H31N7O/c1-4-17(5-2)14-29-24(32)23-27-15-18(16-28-23)21(25)19-10-11-20(30-22(19)26-3)31-12-8-6-7-9-13-31/h4-5,10-11,15-16,25H,1,6-9,12-14H2,2-3H3,(H,26,30)(H,29,32)/b17-5+,25-21?. The van der Waals surface area contributed by atoms with E-state index in [0.717, 1.165) is 24.5 Å². The van der Waals surface area contributed by atoms with E-state index in [9.17, 15) is 4.79 Å². The van der Waals surface area contributed by atoms with Gasteiger partial charge in [0, 0.05) is 50.2 Å². The average Bonchev–Trinajstić information content (AvgIpc) is 3.13. The molecule has 2 aromatic rings. The number of nitrogens with zero attached hydrogens (tertiary/aromatic N) is 4. The van der Waals surface area contributed by atoms with E-state index in [2.05, 4.69) is 32.1 Å². The van der Waals surface area contributed by atoms with Gasteiger partial charge in [-0.15, -0.1) is 0 Å². The van der Waals surface area contributed by atoms with Crippen LogP contribution in [0.25, 0.3) is 0 Å². The summed E-state index contributed by atoms with van der Waals surface area (Å²) in [6, 6.07) is 3.88. The van der Waals surface area contributed by atoms with Crippen molar-refractivity contribution < 1.29 is 4.79 Å². The summed E-state index contributed by atoms with van der Waals surface area (Å²) in [5.74, 6) is 1.26. The summed E-state index contributed by atoms with van der Waals surface area (Å²) >= 11 is 0. The topological polar surface area (TPSA) is 107 Å². The monoisotopic (exact) mass is 433 g/mol. The minimum absolute atomic E-state index is 0.0598. The number of anilines is 2. The molecule has 0 aliphatic carbocycles. The molecule has 3 N–H and O–H groups in total. The number of pyridine rings is 1. The van der Waals surface area contributed by atoms with Crippen LogP contribution in [0.4, 0.5) is 11.6 Å². The molecule has 0 atom stereocenters. The lowest BCUT2D eigenvalue weighted by Crippen LogP contribution is -2.27. The van der Waals surface area contributed by atoms with E-state index >= 15 is 0 Å². The molecule has 1 fully saturated rings. The summed E-state index contributed by atoms with van der Waals surface area (Å²) < 4.78 is 0. The van der Waals surface area contributed by atoms with Gasteiger partial charge in [-0.1, -0.05) is 31.6 Å². The first-order valence-corrected chi connectivity index (χ1v) is 11.0. The van der Waals surface area contributed by atoms with Crippen LogP contribution in [0.5, 0.6) is 0 Å². The van der Waals surface area contributed by atoms with Crippen molar-refractivity contribution in [1.29, 1.82) is 5.41 Å². The van der Waals surface area contributed by atoms with E-state index in [-0.39, 0.29) is 17.4 Å². The maximum atomic E-state index is 12.3. The fourth-order valence-electron chi connectivity index (χ4n) is 3.60. The minimum Gasteiger partial charge on any atom is -0.373 e. The molecule has 0 radical (unpaired) electrons. The van der Waals surface area contributed by atoms with Gasteiger partial charge in [0.1, 0.15) is 11.6 Å². The predicted octanol–water partition coefficient (Wildman–Crippen LogP) is 3.57. The quantitative estimate of drug-likeness (QED) is 0.434. The van der Waals surface area contributed by atoms with Gasteiger partial charge >= 0.3 is 0 Å². The summed E-state index contributed by atoms with van der Waals surface area (Å²) in [4.78, 5) is 27.6. The Morgan fingerprint density at radius 2 is 1.88 bits per heavy atom. The van der Waals surface area contributed by atoms with Crippen LogP contribution >= 0.6 is 0 Å². The highest BCUT2D eigenvalue weighted by Gasteiger charge is 2.17. The van der Waals surface area contributed by atoms with Crippen molar-refractivity contribution in [3.8, 4) is 0 Å². The summed E-state index contributed by atoms with van der Waals surface area (Å²) in [7, 11) is 1.80. The highest BCUT2D eigenvalue weighted by atomic mass is 16.2. The Kier molecular flexibility index (Phi) is 8.08. The molecule has 0 saturated carbocycles. The largest absolute Gasteiger partial charge is 0.373 e. The van der Waals surface area contributed by atoms with Gasteiger partial charge in [-0.25, -0.2) is 15.0 Å². The lowest BCUT2D eigenvalue weighted by molar-refractivity contribution is 0.0947. The van der Waals surface area contributed by atoms with Crippen LogP contribution in [0, 0.1) is 5.41 Å². The summed E-state index contributed by atoms with van der Waals surface area (Å²) in [5, 5.41) is 14.5. The first-order chi connectivity index (χ1) is 15.6. The molecule has 1 amide bonds. The molecule has 3 heterocycles. The number of rotatable bonds is 8. The highest BCUT2D eigenvalue weighted by Crippen LogP contribution is 2.23. The Morgan fingerprint density at radius 1 is 1.19 bits per heavy atom. The van der Waals surface area contributed by atoms with Crippen LogP contribution in [-0.4, -0.2) is 53.3 Å². The summed E-state index contributed by atoms with van der Waals surface area (Å²) in [6.45, 7) is 7.96. The number of nitrogens with one attached hydrogen (secondary N) is 3. The molecular formula is C24H31N7O. The van der Waals surface area contributed by atoms with Crippen LogP contribution in [0.1, 0.15) is 54.4 Å². The van der Waals surface area contributed by atoms with Gasteiger partial charge in [0.15, 0.2) is 0 Å². The molecule has 1 aliphatic heterocycles. The average molecular weight is 434 g/mol. The number of allylic oxidation sites excluding steroid dienone is 1. The van der Waals surface area contributed by atoms with E-state index in [0.29, 0.717) is 23.5 Å². The normalized spacial score (nSPS) is 14.4. The third-order valence-electron chi connectivity index (χ3n) is 5.55. The third-order valence-corrected chi connectivity index (χ3v) is 5.55. The van der Waals surface area contributed by atoms with Crippen molar-refractivity contribution in [1.82, 2.24) is 20.3 Å². The molecule has 32 heavy (non-hydrogen) atoms. The van der Waals surface area contributed by atoms with E-state index < -0.39 is 0 Å². The number of hydrogen-bond donors (Lipinski definition) is 3. The maximum absolute atomic E-state index is 12.3. The van der Waals surface area contributed by atoms with E-state index in [1.165, 1.54) is 38.1 Å². The van der Waals surface area contributed by atoms with Crippen LogP contribution in [0.15, 0.2) is 48.8 Å². The number of carbonyl (C=O) groups excluding carboxylic acids is 1. The van der Waals surface area contributed by atoms with Gasteiger partial charge in [0.05, 0.1) is 5.71 Å². The molecule has 1 aliphatic rings. The van der Waals surface area contributed by atoms with Gasteiger partial charge in [-0.2, -0.15) is 0 Å². The zero-order valence-corrected chi connectivity index (χ0v) is 18.8. The molecule has 8 heteroatoms. The van der Waals surface area contributed by atoms with Gasteiger partial charge in [0.2, 0.25) is 5.82 Å². The first-order valence-electron chi connectivity index (χ1n) is 11.0. The predicted molar refractivity (Wildman–Crippen MR) is 129 cm³/mol. The third kappa shape index (κ3) is 5.57. The Morgan fingerprint density at radius 3 is 2.47 bits per heavy atom. The molecule has 0 aromatic carbocycles. The highest BCUT2D eigenvalue weighted by molar-refractivity contribution is 6.13. The van der Waals surface area contributed by atoms with Gasteiger partial charge in [0.25, 0.3) is 5.91 Å². The van der Waals surface area contributed by atoms with Crippen molar-refractivity contribution in [2.24, 2.45) is 0 Å². The molecule has 0 bridgehead atoms. The lowest BCUT2D eigenvalue weighted by atomic mass is 10.1. The number of carbonyl (C=O) groups is 1. The first kappa shape index (κ1) is 23.1. The molecule has 168 valence electrons. The minimum atomic E-state index is -0.372. The van der Waals surface area contributed by atoms with Crippen molar-refractivity contribution in [2.75, 3.05) is 36.9 Å². The van der Waals surface area contributed by atoms with Gasteiger partial charge in [-0.05, 0) is 37.5 Å². The molecule has 3 rings (SSSR count). The van der Waals surface area contributed by atoms with E-state index in [1.54, 1.807) is 13.1 Å². The molecule has 0 spiro atoms. The number of aromatic nitrogens is 3. The van der Waals surface area contributed by atoms with Crippen LogP contribution in [0.3, 0.4) is 0 Å². The van der Waals surface area contributed by atoms with Crippen LogP contribution in [0.2, 0.25) is 0 Å². The van der Waals surface area contributed by atoms with Crippen LogP contribution in [-0.2, 0) is 0 Å². The molecule has 2 aromatic heterocycles. The van der Waals surface area contributed by atoms with E-state index in [4.69, 9.17) is 10.4 Å². The van der Waals surface area contributed by atoms with Crippen molar-refractivity contribution in [3.63, 3.8) is 0 Å². The Hall–Kier alpha value is -3.55. The van der Waals surface area contributed by atoms with Crippen LogP contribution < -0.4 is 15.5 Å². The summed E-state index contributed by atoms with van der Waals surface area (Å²) in [5.41, 5.74) is 2.34. The fraction of sp³-hybridized carbons (Fsp3) is 0.375. The molecule has 8 nitrogen and oxygen atoms in total. The van der Waals surface area contributed by atoms with Gasteiger partial charge < -0.3 is 15.5 Å². The number of amides is 1. The SMILES string of the molecule is C=C/C(=C\C)CNC(=O)c1ncc(C(=N)c2ccc(N3CCCCCC3)nc2NC)cn1. The van der Waals surface area contributed by atoms with Crippen molar-refractivity contribution >= 4 is 23.3 Å². The zero-order valence-electron chi connectivity index (χ0n) is 18.8. The van der Waals surface area contributed by atoms with Gasteiger partial charge in [-0.3, -0.25) is 10.2 Å². The Labute approximate surface area is 189 Å². The second-order valence-electron chi connectivity index (χ2n) is 7.64. The second kappa shape index (κ2) is 11.2. The Bertz CT molecular complexity index is 990. The van der Waals surface area contributed by atoms with E-state index in [1.807, 2.05) is 25.1 Å². The van der Waals surface area contributed by atoms with Crippen molar-refractivity contribution in [3.05, 3.63) is 65.8 Å². The lowest BCUT2D eigenvalue weighted by Gasteiger charge is -2.22. The Balaban J connectivity index is 1.73. The zero-order chi connectivity index (χ0) is 22.9. The maximum Gasteiger partial charge on any atom is 0.289 e. The number of hydrogen-bond acceptors (Lipinski definition) is 7. The fourth-order valence-corrected chi connectivity index (χ4v) is 3.60. The molecule has 0 unspecified atom stereocenters. The van der Waals surface area contributed by atoms with Crippen molar-refractivity contribution in [2.45, 2.75) is 32.6 Å². The molecule has 1 saturated heterocycles. The summed E-state index contributed by atoms with van der Waals surface area (Å²) in [6.07, 6.45) is 11.4. The molecular weight excluding hydrogens is 402 g/mol. The second-order valence-corrected chi connectivity index (χ2v) is 7.64. The smallest absolute Gasteiger partial charge is 0.289 e.